The molecule has 0 saturated heterocycles. The van der Waals surface area contributed by atoms with Gasteiger partial charge in [0.1, 0.15) is 17.7 Å². The maximum atomic E-state index is 13.2. The van der Waals surface area contributed by atoms with Crippen molar-refractivity contribution in [3.8, 4) is 5.75 Å². The Morgan fingerprint density at radius 3 is 2.65 bits per heavy atom. The predicted octanol–water partition coefficient (Wildman–Crippen LogP) is 3.63. The fourth-order valence-electron chi connectivity index (χ4n) is 1.38. The smallest absolute Gasteiger partial charge is 0.145 e. The fraction of sp³-hybridized carbons (Fsp3) is 0.538. The molecule has 1 atom stereocenters. The van der Waals surface area contributed by atoms with Crippen molar-refractivity contribution in [1.82, 2.24) is 5.32 Å². The lowest BCUT2D eigenvalue weighted by Crippen LogP contribution is -2.34. The Labute approximate surface area is 107 Å². The number of hydrogen-bond donors (Lipinski definition) is 1. The number of hydrogen-bond acceptors (Lipinski definition) is 2. The summed E-state index contributed by atoms with van der Waals surface area (Å²) in [4.78, 5) is 0. The minimum atomic E-state index is -0.448. The molecule has 0 aliphatic carbocycles. The van der Waals surface area contributed by atoms with Crippen molar-refractivity contribution in [2.75, 3.05) is 6.54 Å². The molecular weight excluding hydrogens is 241 g/mol. The van der Waals surface area contributed by atoms with Gasteiger partial charge in [0, 0.05) is 18.7 Å². The molecule has 1 unspecified atom stereocenters. The summed E-state index contributed by atoms with van der Waals surface area (Å²) < 4.78 is 18.9. The van der Waals surface area contributed by atoms with E-state index in [9.17, 15) is 4.39 Å². The standard InChI is InChI=1S/C13H19ClFNO/c1-4-10(8-16-9(2)3)17-11-5-6-12(14)13(15)7-11/h5-7,9-10,16H,4,8H2,1-3H3. The highest BCUT2D eigenvalue weighted by atomic mass is 35.5. The average molecular weight is 260 g/mol. The van der Waals surface area contributed by atoms with E-state index in [0.717, 1.165) is 13.0 Å². The van der Waals surface area contributed by atoms with Crippen LogP contribution in [0.3, 0.4) is 0 Å². The second-order valence-corrected chi connectivity index (χ2v) is 4.69. The van der Waals surface area contributed by atoms with Gasteiger partial charge >= 0.3 is 0 Å². The first-order valence-electron chi connectivity index (χ1n) is 5.88. The normalized spacial score (nSPS) is 12.8. The Morgan fingerprint density at radius 2 is 2.12 bits per heavy atom. The molecule has 1 N–H and O–H groups in total. The van der Waals surface area contributed by atoms with Crippen LogP contribution in [0.25, 0.3) is 0 Å². The molecule has 0 saturated carbocycles. The van der Waals surface area contributed by atoms with Crippen LogP contribution in [-0.2, 0) is 0 Å². The minimum absolute atomic E-state index is 0.0398. The molecule has 0 spiro atoms. The van der Waals surface area contributed by atoms with Crippen molar-refractivity contribution in [1.29, 1.82) is 0 Å². The lowest BCUT2D eigenvalue weighted by atomic mass is 10.2. The SMILES string of the molecule is CCC(CNC(C)C)Oc1ccc(Cl)c(F)c1. The van der Waals surface area contributed by atoms with Crippen molar-refractivity contribution < 1.29 is 9.13 Å². The summed E-state index contributed by atoms with van der Waals surface area (Å²) in [5.74, 6) is 0.0696. The maximum Gasteiger partial charge on any atom is 0.145 e. The van der Waals surface area contributed by atoms with Crippen molar-refractivity contribution >= 4 is 11.6 Å². The fourth-order valence-corrected chi connectivity index (χ4v) is 1.50. The summed E-state index contributed by atoms with van der Waals surface area (Å²) in [6, 6.07) is 4.92. The molecule has 0 heterocycles. The van der Waals surface area contributed by atoms with E-state index in [-0.39, 0.29) is 11.1 Å². The second-order valence-electron chi connectivity index (χ2n) is 4.29. The molecule has 17 heavy (non-hydrogen) atoms. The molecule has 0 radical (unpaired) electrons. The molecule has 4 heteroatoms. The van der Waals surface area contributed by atoms with E-state index in [0.29, 0.717) is 11.8 Å². The van der Waals surface area contributed by atoms with Gasteiger partial charge in [0.25, 0.3) is 0 Å². The largest absolute Gasteiger partial charge is 0.489 e. The summed E-state index contributed by atoms with van der Waals surface area (Å²) in [7, 11) is 0. The first-order valence-corrected chi connectivity index (χ1v) is 6.25. The molecule has 0 aliphatic heterocycles. The van der Waals surface area contributed by atoms with Crippen LogP contribution in [0, 0.1) is 5.82 Å². The second kappa shape index (κ2) is 6.82. The van der Waals surface area contributed by atoms with Gasteiger partial charge in [0.05, 0.1) is 5.02 Å². The molecule has 0 aromatic heterocycles. The highest BCUT2D eigenvalue weighted by Gasteiger charge is 2.10. The maximum absolute atomic E-state index is 13.2. The van der Waals surface area contributed by atoms with E-state index in [1.165, 1.54) is 12.1 Å². The van der Waals surface area contributed by atoms with Crippen LogP contribution in [0.1, 0.15) is 27.2 Å². The molecule has 0 bridgehead atoms. The van der Waals surface area contributed by atoms with Gasteiger partial charge < -0.3 is 10.1 Å². The van der Waals surface area contributed by atoms with E-state index < -0.39 is 5.82 Å². The van der Waals surface area contributed by atoms with Gasteiger partial charge in [0.15, 0.2) is 0 Å². The zero-order chi connectivity index (χ0) is 12.8. The number of benzene rings is 1. The minimum Gasteiger partial charge on any atom is -0.489 e. The molecule has 2 nitrogen and oxygen atoms in total. The molecular formula is C13H19ClFNO. The molecule has 0 fully saturated rings. The van der Waals surface area contributed by atoms with Gasteiger partial charge in [-0.05, 0) is 18.6 Å². The quantitative estimate of drug-likeness (QED) is 0.842. The Balaban J connectivity index is 2.57. The number of rotatable bonds is 6. The first kappa shape index (κ1) is 14.3. The number of nitrogens with one attached hydrogen (secondary N) is 1. The first-order chi connectivity index (χ1) is 8.02. The molecule has 0 aliphatic rings. The van der Waals surface area contributed by atoms with Gasteiger partial charge in [0.2, 0.25) is 0 Å². The molecule has 1 aromatic carbocycles. The van der Waals surface area contributed by atoms with E-state index in [1.54, 1.807) is 6.07 Å². The molecule has 1 aromatic rings. The van der Waals surface area contributed by atoms with Gasteiger partial charge in [-0.1, -0.05) is 32.4 Å². The van der Waals surface area contributed by atoms with Crippen LogP contribution in [-0.4, -0.2) is 18.7 Å². The topological polar surface area (TPSA) is 21.3 Å². The van der Waals surface area contributed by atoms with E-state index in [1.807, 2.05) is 6.92 Å². The third kappa shape index (κ3) is 4.92. The van der Waals surface area contributed by atoms with Crippen molar-refractivity contribution in [2.45, 2.75) is 39.3 Å². The van der Waals surface area contributed by atoms with Crippen LogP contribution in [0.15, 0.2) is 18.2 Å². The van der Waals surface area contributed by atoms with Gasteiger partial charge in [-0.2, -0.15) is 0 Å². The Hall–Kier alpha value is -0.800. The molecule has 96 valence electrons. The van der Waals surface area contributed by atoms with Crippen molar-refractivity contribution in [2.24, 2.45) is 0 Å². The van der Waals surface area contributed by atoms with Gasteiger partial charge in [-0.3, -0.25) is 0 Å². The van der Waals surface area contributed by atoms with E-state index in [4.69, 9.17) is 16.3 Å². The van der Waals surface area contributed by atoms with E-state index >= 15 is 0 Å². The summed E-state index contributed by atoms with van der Waals surface area (Å²) >= 11 is 5.61. The lowest BCUT2D eigenvalue weighted by Gasteiger charge is -2.19. The Kier molecular flexibility index (Phi) is 5.72. The predicted molar refractivity (Wildman–Crippen MR) is 69.3 cm³/mol. The monoisotopic (exact) mass is 259 g/mol. The van der Waals surface area contributed by atoms with Gasteiger partial charge in [-0.15, -0.1) is 0 Å². The third-order valence-electron chi connectivity index (χ3n) is 2.40. The highest BCUT2D eigenvalue weighted by Crippen LogP contribution is 2.21. The Morgan fingerprint density at radius 1 is 1.41 bits per heavy atom. The van der Waals surface area contributed by atoms with Crippen LogP contribution in [0.2, 0.25) is 5.02 Å². The van der Waals surface area contributed by atoms with Gasteiger partial charge in [-0.25, -0.2) is 4.39 Å². The lowest BCUT2D eigenvalue weighted by molar-refractivity contribution is 0.189. The zero-order valence-electron chi connectivity index (χ0n) is 10.5. The van der Waals surface area contributed by atoms with Crippen molar-refractivity contribution in [3.05, 3.63) is 29.0 Å². The summed E-state index contributed by atoms with van der Waals surface area (Å²) in [5, 5.41) is 3.41. The van der Waals surface area contributed by atoms with Crippen LogP contribution >= 0.6 is 11.6 Å². The number of halogens is 2. The summed E-state index contributed by atoms with van der Waals surface area (Å²) in [5.41, 5.74) is 0. The Bertz CT molecular complexity index is 357. The number of ether oxygens (including phenoxy) is 1. The van der Waals surface area contributed by atoms with Crippen molar-refractivity contribution in [3.63, 3.8) is 0 Å². The van der Waals surface area contributed by atoms with Crippen LogP contribution in [0.5, 0.6) is 5.75 Å². The molecule has 1 rings (SSSR count). The highest BCUT2D eigenvalue weighted by molar-refractivity contribution is 6.30. The van der Waals surface area contributed by atoms with Crippen LogP contribution in [0.4, 0.5) is 4.39 Å². The summed E-state index contributed by atoms with van der Waals surface area (Å²) in [6.45, 7) is 6.95. The molecule has 0 amide bonds. The van der Waals surface area contributed by atoms with Crippen LogP contribution < -0.4 is 10.1 Å². The third-order valence-corrected chi connectivity index (χ3v) is 2.71. The average Bonchev–Trinajstić information content (AvgIpc) is 2.28. The van der Waals surface area contributed by atoms with E-state index in [2.05, 4.69) is 19.2 Å². The zero-order valence-corrected chi connectivity index (χ0v) is 11.2. The summed E-state index contributed by atoms with van der Waals surface area (Å²) in [6.07, 6.45) is 0.905.